The lowest BCUT2D eigenvalue weighted by atomic mass is 9.92. The van der Waals surface area contributed by atoms with E-state index >= 15 is 0 Å². The first-order valence-electron chi connectivity index (χ1n) is 21.5. The summed E-state index contributed by atoms with van der Waals surface area (Å²) in [5, 5.41) is 14.3. The molecule has 0 bridgehead atoms. The number of rotatable bonds is 5. The summed E-state index contributed by atoms with van der Waals surface area (Å²) in [6.07, 6.45) is 0. The van der Waals surface area contributed by atoms with Gasteiger partial charge in [0.05, 0.1) is 0 Å². The third kappa shape index (κ3) is 5.18. The van der Waals surface area contributed by atoms with Crippen molar-refractivity contribution in [3.8, 4) is 22.3 Å². The quantitative estimate of drug-likeness (QED) is 0.162. The highest BCUT2D eigenvalue weighted by atomic mass is 32.1. The standard InChI is InChI=1S/C58H35NO2SSi/c1-2-11-40(12-3-1)63-53-20-9-6-15-46(53)57-54(63)32-24-36-23-31-52-58(55(36)57)56-41(16-10-19-51(56)62-52)35-21-25-37(26-22-35)59(38-27-29-44-42-13-4-7-17-47(42)60-49(44)33-38)39-28-30-45-43-14-5-8-18-48(43)61-50(45)34-39/h1-34,63H. The van der Waals surface area contributed by atoms with E-state index in [0.717, 1.165) is 60.9 Å². The predicted octanol–water partition coefficient (Wildman–Crippen LogP) is 14.4. The number of fused-ring (bicyclic) bond motifs is 15. The zero-order valence-electron chi connectivity index (χ0n) is 33.9. The molecule has 0 fully saturated rings. The van der Waals surface area contributed by atoms with E-state index in [1.54, 1.807) is 0 Å². The predicted molar refractivity (Wildman–Crippen MR) is 269 cm³/mol. The molecule has 1 unspecified atom stereocenters. The summed E-state index contributed by atoms with van der Waals surface area (Å²) in [5.74, 6) is 0. The van der Waals surface area contributed by atoms with Crippen molar-refractivity contribution in [2.45, 2.75) is 0 Å². The lowest BCUT2D eigenvalue weighted by Crippen LogP contribution is -2.48. The van der Waals surface area contributed by atoms with Crippen molar-refractivity contribution in [1.82, 2.24) is 0 Å². The van der Waals surface area contributed by atoms with E-state index in [1.165, 1.54) is 68.8 Å². The Labute approximate surface area is 367 Å². The minimum atomic E-state index is -1.66. The van der Waals surface area contributed by atoms with Crippen molar-refractivity contribution in [3.63, 3.8) is 0 Å². The van der Waals surface area contributed by atoms with Crippen molar-refractivity contribution >= 4 is 128 Å². The van der Waals surface area contributed by atoms with Crippen LogP contribution in [0.2, 0.25) is 0 Å². The largest absolute Gasteiger partial charge is 0.456 e. The monoisotopic (exact) mass is 837 g/mol. The highest BCUT2D eigenvalue weighted by molar-refractivity contribution is 7.26. The fourth-order valence-electron chi connectivity index (χ4n) is 10.6. The van der Waals surface area contributed by atoms with Gasteiger partial charge in [-0.1, -0.05) is 139 Å². The molecule has 0 saturated heterocycles. The number of thiophene rings is 1. The molecule has 63 heavy (non-hydrogen) atoms. The summed E-state index contributed by atoms with van der Waals surface area (Å²) in [6, 6.07) is 75.4. The molecule has 5 heteroatoms. The molecule has 1 atom stereocenters. The zero-order chi connectivity index (χ0) is 41.2. The topological polar surface area (TPSA) is 29.5 Å². The highest BCUT2D eigenvalue weighted by Gasteiger charge is 2.33. The first kappa shape index (κ1) is 35.0. The molecule has 1 aliphatic heterocycles. The Kier molecular flexibility index (Phi) is 7.43. The Morgan fingerprint density at radius 2 is 0.968 bits per heavy atom. The van der Waals surface area contributed by atoms with E-state index in [4.69, 9.17) is 8.83 Å². The Morgan fingerprint density at radius 3 is 1.70 bits per heavy atom. The normalized spacial score (nSPS) is 13.6. The number of furan rings is 2. The van der Waals surface area contributed by atoms with Gasteiger partial charge < -0.3 is 13.7 Å². The van der Waals surface area contributed by atoms with Gasteiger partial charge in [0.1, 0.15) is 31.1 Å². The van der Waals surface area contributed by atoms with Crippen LogP contribution in [-0.4, -0.2) is 8.80 Å². The van der Waals surface area contributed by atoms with Gasteiger partial charge in [0.25, 0.3) is 0 Å². The van der Waals surface area contributed by atoms with Crippen molar-refractivity contribution in [3.05, 3.63) is 206 Å². The molecule has 0 saturated carbocycles. The third-order valence-electron chi connectivity index (χ3n) is 13.3. The second kappa shape index (κ2) is 13.4. The van der Waals surface area contributed by atoms with Gasteiger partial charge in [0.2, 0.25) is 0 Å². The number of para-hydroxylation sites is 2. The van der Waals surface area contributed by atoms with Crippen LogP contribution in [0.25, 0.3) is 97.1 Å². The summed E-state index contributed by atoms with van der Waals surface area (Å²) >= 11 is 1.90. The summed E-state index contributed by atoms with van der Waals surface area (Å²) in [7, 11) is -1.66. The van der Waals surface area contributed by atoms with E-state index < -0.39 is 8.80 Å². The first-order chi connectivity index (χ1) is 31.2. The maximum Gasteiger partial charge on any atom is 0.137 e. The molecular weight excluding hydrogens is 803 g/mol. The van der Waals surface area contributed by atoms with Crippen LogP contribution in [0.1, 0.15) is 0 Å². The fourth-order valence-corrected chi connectivity index (χ4v) is 15.1. The second-order valence-electron chi connectivity index (χ2n) is 16.7. The van der Waals surface area contributed by atoms with E-state index in [9.17, 15) is 0 Å². The summed E-state index contributed by atoms with van der Waals surface area (Å²) in [4.78, 5) is 2.31. The molecule has 4 heterocycles. The number of hydrogen-bond donors (Lipinski definition) is 0. The molecule has 13 aromatic rings. The van der Waals surface area contributed by atoms with Gasteiger partial charge in [-0.25, -0.2) is 0 Å². The van der Waals surface area contributed by atoms with Crippen LogP contribution in [0, 0.1) is 0 Å². The second-order valence-corrected chi connectivity index (χ2v) is 20.6. The van der Waals surface area contributed by atoms with E-state index in [-0.39, 0.29) is 0 Å². The maximum atomic E-state index is 6.43. The lowest BCUT2D eigenvalue weighted by Gasteiger charge is -2.25. The SMILES string of the molecule is c1ccc([SiH]2c3ccccc3-c3c2ccc2ccc4sc5cccc(-c6ccc(N(c7ccc8c(c7)oc7ccccc78)c7ccc8c(c7)oc7ccccc78)cc6)c5c4c32)cc1. The minimum absolute atomic E-state index is 0.857. The Balaban J connectivity index is 0.952. The number of hydrogen-bond acceptors (Lipinski definition) is 4. The average Bonchev–Trinajstić information content (AvgIpc) is 4.10. The van der Waals surface area contributed by atoms with Gasteiger partial charge >= 0.3 is 0 Å². The number of anilines is 3. The Morgan fingerprint density at radius 1 is 0.381 bits per heavy atom. The van der Waals surface area contributed by atoms with Crippen LogP contribution in [0.15, 0.2) is 215 Å². The van der Waals surface area contributed by atoms with Crippen molar-refractivity contribution in [2.24, 2.45) is 0 Å². The molecule has 0 N–H and O–H groups in total. The zero-order valence-corrected chi connectivity index (χ0v) is 35.9. The van der Waals surface area contributed by atoms with Crippen molar-refractivity contribution in [2.75, 3.05) is 4.90 Å². The van der Waals surface area contributed by atoms with E-state index in [2.05, 4.69) is 187 Å². The molecule has 294 valence electrons. The van der Waals surface area contributed by atoms with E-state index in [0.29, 0.717) is 0 Å². The molecule has 0 aliphatic carbocycles. The molecular formula is C58H35NO2SSi. The van der Waals surface area contributed by atoms with Crippen LogP contribution in [0.3, 0.4) is 0 Å². The molecule has 3 aromatic heterocycles. The fraction of sp³-hybridized carbons (Fsp3) is 0. The molecule has 3 nitrogen and oxygen atoms in total. The van der Waals surface area contributed by atoms with Crippen molar-refractivity contribution < 1.29 is 8.83 Å². The van der Waals surface area contributed by atoms with Gasteiger partial charge in [0, 0.05) is 70.9 Å². The summed E-state index contributed by atoms with van der Waals surface area (Å²) in [5.41, 5.74) is 11.8. The van der Waals surface area contributed by atoms with Gasteiger partial charge in [-0.05, 0) is 104 Å². The highest BCUT2D eigenvalue weighted by Crippen LogP contribution is 2.47. The van der Waals surface area contributed by atoms with Crippen LogP contribution < -0.4 is 20.5 Å². The Bertz CT molecular complexity index is 3880. The summed E-state index contributed by atoms with van der Waals surface area (Å²) < 4.78 is 15.5. The Hall–Kier alpha value is -7.70. The van der Waals surface area contributed by atoms with E-state index in [1.807, 2.05) is 35.6 Å². The van der Waals surface area contributed by atoms with Gasteiger partial charge in [-0.2, -0.15) is 0 Å². The minimum Gasteiger partial charge on any atom is -0.456 e. The van der Waals surface area contributed by atoms with Gasteiger partial charge in [-0.3, -0.25) is 0 Å². The summed E-state index contributed by atoms with van der Waals surface area (Å²) in [6.45, 7) is 0. The third-order valence-corrected chi connectivity index (χ3v) is 17.7. The smallest absolute Gasteiger partial charge is 0.137 e. The van der Waals surface area contributed by atoms with Gasteiger partial charge in [-0.15, -0.1) is 11.3 Å². The van der Waals surface area contributed by atoms with Gasteiger partial charge in [0.15, 0.2) is 0 Å². The van der Waals surface area contributed by atoms with Crippen molar-refractivity contribution in [1.29, 1.82) is 0 Å². The maximum absolute atomic E-state index is 6.43. The van der Waals surface area contributed by atoms with Crippen LogP contribution in [0.4, 0.5) is 17.1 Å². The van der Waals surface area contributed by atoms with Crippen LogP contribution in [0.5, 0.6) is 0 Å². The molecule has 0 spiro atoms. The van der Waals surface area contributed by atoms with Crippen LogP contribution in [-0.2, 0) is 0 Å². The van der Waals surface area contributed by atoms with Crippen LogP contribution >= 0.6 is 11.3 Å². The molecule has 10 aromatic carbocycles. The molecule has 0 radical (unpaired) electrons. The first-order valence-corrected chi connectivity index (χ1v) is 24.1. The lowest BCUT2D eigenvalue weighted by molar-refractivity contribution is 0.669. The molecule has 0 amide bonds. The average molecular weight is 838 g/mol. The molecule has 14 rings (SSSR count). The number of nitrogens with zero attached hydrogens (tertiary/aromatic N) is 1. The molecule has 1 aliphatic rings. The number of benzene rings is 10.